The van der Waals surface area contributed by atoms with Crippen molar-refractivity contribution < 1.29 is 27.2 Å². The van der Waals surface area contributed by atoms with Gasteiger partial charge in [0, 0.05) is 75.8 Å². The molecule has 10 nitrogen and oxygen atoms in total. The van der Waals surface area contributed by atoms with Crippen LogP contribution in [0.2, 0.25) is 72.5 Å². The van der Waals surface area contributed by atoms with Gasteiger partial charge < -0.3 is 22.4 Å². The van der Waals surface area contributed by atoms with Gasteiger partial charge in [-0.05, 0) is 157 Å². The molecule has 1 heterocycles. The number of esters is 1. The number of piperazine rings is 1. The van der Waals surface area contributed by atoms with E-state index in [2.05, 4.69) is 218 Å². The summed E-state index contributed by atoms with van der Waals surface area (Å²) in [4.78, 5) is 24.6. The fourth-order valence-corrected chi connectivity index (χ4v) is 22.2. The number of carbonyl (C=O) groups excluding carboxylic acids is 1. The zero-order valence-electron chi connectivity index (χ0n) is 77.2. The first-order chi connectivity index (χ1) is 50.3. The highest BCUT2D eigenvalue weighted by Crippen LogP contribution is 2.42. The second-order valence-corrected chi connectivity index (χ2v) is 62.0. The second-order valence-electron chi connectivity index (χ2n) is 40.3. The van der Waals surface area contributed by atoms with Crippen molar-refractivity contribution in [3.05, 3.63) is 0 Å². The van der Waals surface area contributed by atoms with E-state index in [1.165, 1.54) is 249 Å². The van der Waals surface area contributed by atoms with Crippen LogP contribution in [0.25, 0.3) is 0 Å². The van der Waals surface area contributed by atoms with Crippen LogP contribution in [0.4, 0.5) is 0 Å². The first-order valence-electron chi connectivity index (χ1n) is 46.3. The summed E-state index contributed by atoms with van der Waals surface area (Å²) in [5.74, 6) is 2.34. The molecule has 1 aliphatic heterocycles. The average molecular weight is 1620 g/mol. The van der Waals surface area contributed by atoms with E-state index >= 15 is 0 Å². The van der Waals surface area contributed by atoms with Crippen LogP contribution >= 0.6 is 21.6 Å². The van der Waals surface area contributed by atoms with Crippen molar-refractivity contribution in [1.29, 1.82) is 0 Å². The third kappa shape index (κ3) is 50.2. The molecule has 6 unspecified atom stereocenters. The Labute approximate surface area is 683 Å². The standard InChI is InChI=1S/C91H192N4O6S2Si4/c1-27-31-35-39-43-47-51-55-63-83(98-104(19,20)88(7,8)9)77-92(78-84(99-105(21,22)89(10,11)12)64-56-52-48-44-40-36-32-28-2)68-61-67-87(96)97-72-71-95-76-81(5)94(75-82(95)6)70-59-60-73-102-103-74-62-69-93(79-85(100-106(23,24)90(13,14)15)65-57-53-49-45-41-37-33-29-3)80-86(101-107(25,26)91(16,17)18)66-58-54-50-46-42-38-34-30-4/h81-86H,27-80H2,1-26H3. The Morgan fingerprint density at radius 1 is 0.355 bits per heavy atom. The van der Waals surface area contributed by atoms with E-state index in [0.29, 0.717) is 25.1 Å². The van der Waals surface area contributed by atoms with E-state index in [-0.39, 0.29) is 50.5 Å². The SMILES string of the molecule is CCCCCCCCCCC(CN(CCCSSCCCCN1CC(C)N(CCOC(=O)CCCN(CC(CCCCCCCCCC)O[Si](C)(C)C(C)(C)C)CC(CCCCCCCCCC)O[Si](C)(C)C(C)(C)C)CC1C)CC(CCCCCCCCCC)O[Si](C)(C)C(C)(C)C)O[Si](C)(C)C(C)(C)C. The molecule has 107 heavy (non-hydrogen) atoms. The number of hydrogen-bond donors (Lipinski definition) is 0. The van der Waals surface area contributed by atoms with Gasteiger partial charge in [-0.15, -0.1) is 0 Å². The van der Waals surface area contributed by atoms with Crippen LogP contribution in [0.5, 0.6) is 0 Å². The minimum Gasteiger partial charge on any atom is -0.464 e. The quantitative estimate of drug-likeness (QED) is 0.0252. The van der Waals surface area contributed by atoms with Crippen molar-refractivity contribution >= 4 is 60.8 Å². The molecule has 640 valence electrons. The molecule has 0 aromatic rings. The predicted molar refractivity (Wildman–Crippen MR) is 491 cm³/mol. The van der Waals surface area contributed by atoms with Gasteiger partial charge in [-0.2, -0.15) is 0 Å². The molecule has 1 aliphatic rings. The number of carbonyl (C=O) groups is 1. The second kappa shape index (κ2) is 58.6. The normalized spacial score (nSPS) is 17.1. The van der Waals surface area contributed by atoms with Gasteiger partial charge in [0.25, 0.3) is 0 Å². The summed E-state index contributed by atoms with van der Waals surface area (Å²) in [7, 11) is -3.85. The minimum absolute atomic E-state index is 0.0519. The summed E-state index contributed by atoms with van der Waals surface area (Å²) < 4.78 is 35.9. The van der Waals surface area contributed by atoms with Crippen LogP contribution in [-0.2, 0) is 27.2 Å². The van der Waals surface area contributed by atoms with Crippen molar-refractivity contribution in [3.8, 4) is 0 Å². The molecule has 0 radical (unpaired) electrons. The molecule has 0 aromatic carbocycles. The fourth-order valence-electron chi connectivity index (χ4n) is 14.4. The first kappa shape index (κ1) is 106. The molecule has 6 atom stereocenters. The third-order valence-electron chi connectivity index (χ3n) is 25.9. The van der Waals surface area contributed by atoms with Crippen molar-refractivity contribution in [2.24, 2.45) is 0 Å². The Hall–Kier alpha value is 0.718. The van der Waals surface area contributed by atoms with E-state index in [1.807, 2.05) is 0 Å². The van der Waals surface area contributed by atoms with Crippen LogP contribution < -0.4 is 0 Å². The van der Waals surface area contributed by atoms with Crippen molar-refractivity contribution in [1.82, 2.24) is 19.6 Å². The zero-order chi connectivity index (χ0) is 80.5. The molecule has 0 saturated carbocycles. The highest BCUT2D eigenvalue weighted by molar-refractivity contribution is 8.76. The molecule has 0 spiro atoms. The molecular weight excluding hydrogens is 1420 g/mol. The Morgan fingerprint density at radius 2 is 0.607 bits per heavy atom. The summed E-state index contributed by atoms with van der Waals surface area (Å²) in [6.07, 6.45) is 53.1. The molecule has 0 amide bonds. The summed E-state index contributed by atoms with van der Waals surface area (Å²) >= 11 is 0. The van der Waals surface area contributed by atoms with Crippen LogP contribution in [-0.4, -0.2) is 179 Å². The van der Waals surface area contributed by atoms with Crippen molar-refractivity contribution in [2.75, 3.05) is 83.6 Å². The Morgan fingerprint density at radius 3 is 0.888 bits per heavy atom. The minimum atomic E-state index is -2.05. The van der Waals surface area contributed by atoms with Gasteiger partial charge in [0.2, 0.25) is 0 Å². The number of ether oxygens (including phenoxy) is 1. The van der Waals surface area contributed by atoms with Crippen LogP contribution in [0.3, 0.4) is 0 Å². The lowest BCUT2D eigenvalue weighted by atomic mass is 10.0. The van der Waals surface area contributed by atoms with Gasteiger partial charge in [0.1, 0.15) is 6.61 Å². The van der Waals surface area contributed by atoms with Gasteiger partial charge >= 0.3 is 5.97 Å². The Kier molecular flexibility index (Phi) is 57.9. The smallest absolute Gasteiger partial charge is 0.305 e. The highest BCUT2D eigenvalue weighted by atomic mass is 33.1. The lowest BCUT2D eigenvalue weighted by Crippen LogP contribution is -2.57. The lowest BCUT2D eigenvalue weighted by molar-refractivity contribution is -0.144. The Bertz CT molecular complexity index is 2010. The van der Waals surface area contributed by atoms with E-state index in [9.17, 15) is 4.79 Å². The lowest BCUT2D eigenvalue weighted by Gasteiger charge is -2.44. The van der Waals surface area contributed by atoms with Crippen molar-refractivity contribution in [3.63, 3.8) is 0 Å². The van der Waals surface area contributed by atoms with Crippen LogP contribution in [0.1, 0.15) is 388 Å². The maximum absolute atomic E-state index is 13.8. The van der Waals surface area contributed by atoms with Crippen molar-refractivity contribution in [2.45, 2.75) is 497 Å². The summed E-state index contributed by atoms with van der Waals surface area (Å²) in [6, 6.07) is 0.915. The van der Waals surface area contributed by atoms with Gasteiger partial charge in [-0.1, -0.05) is 338 Å². The molecular formula is C91H192N4O6S2Si4. The zero-order valence-corrected chi connectivity index (χ0v) is 82.8. The molecule has 0 N–H and O–H groups in total. The topological polar surface area (TPSA) is 76.2 Å². The largest absolute Gasteiger partial charge is 0.464 e. The molecule has 1 saturated heterocycles. The molecule has 16 heteroatoms. The summed E-state index contributed by atoms with van der Waals surface area (Å²) in [5.41, 5.74) is 0. The molecule has 0 bridgehead atoms. The van der Waals surface area contributed by atoms with E-state index in [0.717, 1.165) is 84.7 Å². The number of rotatable bonds is 69. The van der Waals surface area contributed by atoms with E-state index in [1.54, 1.807) is 0 Å². The number of hydrogen-bond acceptors (Lipinski definition) is 12. The third-order valence-corrected chi connectivity index (χ3v) is 46.6. The summed E-state index contributed by atoms with van der Waals surface area (Å²) in [6.45, 7) is 72.9. The van der Waals surface area contributed by atoms with E-state index < -0.39 is 33.3 Å². The number of unbranched alkanes of at least 4 members (excludes halogenated alkanes) is 29. The molecule has 1 fully saturated rings. The average Bonchev–Trinajstić information content (AvgIpc) is 0.835. The fraction of sp³-hybridized carbons (Fsp3) is 0.989. The predicted octanol–water partition coefficient (Wildman–Crippen LogP) is 28.5. The Balaban J connectivity index is 3.08. The maximum Gasteiger partial charge on any atom is 0.305 e. The van der Waals surface area contributed by atoms with Crippen LogP contribution in [0.15, 0.2) is 0 Å². The molecule has 1 rings (SSSR count). The maximum atomic E-state index is 13.8. The summed E-state index contributed by atoms with van der Waals surface area (Å²) in [5, 5.41) is 0.637. The highest BCUT2D eigenvalue weighted by Gasteiger charge is 2.44. The number of nitrogens with zero attached hydrogens (tertiary/aromatic N) is 4. The van der Waals surface area contributed by atoms with Gasteiger partial charge in [-0.25, -0.2) is 0 Å². The molecule has 0 aliphatic carbocycles. The monoisotopic (exact) mass is 1610 g/mol. The first-order valence-corrected chi connectivity index (χ1v) is 60.4. The van der Waals surface area contributed by atoms with Gasteiger partial charge in [0.15, 0.2) is 33.3 Å². The van der Waals surface area contributed by atoms with Gasteiger partial charge in [-0.3, -0.25) is 24.4 Å². The van der Waals surface area contributed by atoms with Gasteiger partial charge in [0.05, 0.1) is 24.4 Å². The van der Waals surface area contributed by atoms with Crippen LogP contribution in [0, 0.1) is 0 Å². The van der Waals surface area contributed by atoms with E-state index in [4.69, 9.17) is 22.4 Å². The molecule has 0 aromatic heterocycles.